The first-order valence-electron chi connectivity index (χ1n) is 9.84. The molecule has 0 radical (unpaired) electrons. The minimum Gasteiger partial charge on any atom is -0.356 e. The van der Waals surface area contributed by atoms with E-state index in [0.29, 0.717) is 24.4 Å². The Morgan fingerprint density at radius 3 is 2.81 bits per heavy atom. The Bertz CT molecular complexity index is 904. The Kier molecular flexibility index (Phi) is 6.22. The molecule has 3 rings (SSSR count). The zero-order valence-electron chi connectivity index (χ0n) is 16.1. The monoisotopic (exact) mass is 391 g/mol. The van der Waals surface area contributed by atoms with Gasteiger partial charge < -0.3 is 9.88 Å². The largest absolute Gasteiger partial charge is 0.356 e. The molecule has 0 aliphatic carbocycles. The molecule has 1 aromatic heterocycles. The van der Waals surface area contributed by atoms with Gasteiger partial charge in [-0.2, -0.15) is 4.31 Å². The van der Waals surface area contributed by atoms with Gasteiger partial charge in [0.25, 0.3) is 0 Å². The molecule has 0 spiro atoms. The van der Waals surface area contributed by atoms with Gasteiger partial charge in [-0.15, -0.1) is 0 Å². The van der Waals surface area contributed by atoms with Gasteiger partial charge in [0.05, 0.1) is 10.8 Å². The molecule has 7 heteroatoms. The van der Waals surface area contributed by atoms with E-state index in [-0.39, 0.29) is 18.4 Å². The molecule has 1 atom stereocenters. The molecule has 1 aromatic carbocycles. The number of hydrogen-bond donors (Lipinski definition) is 1. The molecule has 1 aliphatic heterocycles. The van der Waals surface area contributed by atoms with Crippen LogP contribution in [0.25, 0.3) is 10.9 Å². The number of benzene rings is 1. The second-order valence-corrected chi connectivity index (χ2v) is 9.11. The van der Waals surface area contributed by atoms with Crippen LogP contribution in [0.4, 0.5) is 0 Å². The number of fused-ring (bicyclic) bond motifs is 1. The zero-order chi connectivity index (χ0) is 19.4. The second kappa shape index (κ2) is 8.44. The van der Waals surface area contributed by atoms with Crippen LogP contribution in [0.5, 0.6) is 0 Å². The van der Waals surface area contributed by atoms with E-state index in [4.69, 9.17) is 0 Å². The third kappa shape index (κ3) is 4.19. The average molecular weight is 392 g/mol. The van der Waals surface area contributed by atoms with Gasteiger partial charge >= 0.3 is 0 Å². The van der Waals surface area contributed by atoms with Gasteiger partial charge in [0.1, 0.15) is 0 Å². The van der Waals surface area contributed by atoms with Crippen molar-refractivity contribution in [1.82, 2.24) is 14.2 Å². The van der Waals surface area contributed by atoms with Crippen molar-refractivity contribution in [2.24, 2.45) is 5.92 Å². The predicted molar refractivity (Wildman–Crippen MR) is 107 cm³/mol. The number of piperidine rings is 1. The summed E-state index contributed by atoms with van der Waals surface area (Å²) in [6, 6.07) is 7.22. The number of nitrogens with zero attached hydrogens (tertiary/aromatic N) is 2. The van der Waals surface area contributed by atoms with Crippen molar-refractivity contribution >= 4 is 26.8 Å². The van der Waals surface area contributed by atoms with Crippen LogP contribution >= 0.6 is 0 Å². The number of aryl methyl sites for hydroxylation is 1. The summed E-state index contributed by atoms with van der Waals surface area (Å²) >= 11 is 0. The number of sulfonamides is 1. The third-order valence-corrected chi connectivity index (χ3v) is 7.17. The van der Waals surface area contributed by atoms with Gasteiger partial charge in [-0.05, 0) is 50.5 Å². The number of carbonyl (C=O) groups is 1. The maximum absolute atomic E-state index is 13.1. The van der Waals surface area contributed by atoms with E-state index in [1.807, 2.05) is 18.3 Å². The summed E-state index contributed by atoms with van der Waals surface area (Å²) in [6.07, 6.45) is 5.38. The van der Waals surface area contributed by atoms with Crippen molar-refractivity contribution in [3.63, 3.8) is 0 Å². The smallest absolute Gasteiger partial charge is 0.243 e. The quantitative estimate of drug-likeness (QED) is 0.738. The van der Waals surface area contributed by atoms with Crippen LogP contribution in [-0.2, 0) is 21.4 Å². The fourth-order valence-corrected chi connectivity index (χ4v) is 5.23. The maximum Gasteiger partial charge on any atom is 0.243 e. The van der Waals surface area contributed by atoms with Crippen LogP contribution in [0, 0.1) is 5.92 Å². The normalized spacial score (nSPS) is 18.7. The van der Waals surface area contributed by atoms with E-state index in [1.165, 1.54) is 4.31 Å². The minimum atomic E-state index is -3.60. The number of aromatic nitrogens is 1. The van der Waals surface area contributed by atoms with E-state index in [2.05, 4.69) is 23.7 Å². The van der Waals surface area contributed by atoms with Crippen molar-refractivity contribution in [2.45, 2.75) is 51.0 Å². The molecule has 0 bridgehead atoms. The fourth-order valence-electron chi connectivity index (χ4n) is 3.67. The van der Waals surface area contributed by atoms with Crippen LogP contribution in [0.15, 0.2) is 35.4 Å². The number of carbonyl (C=O) groups excluding carboxylic acids is 1. The van der Waals surface area contributed by atoms with Gasteiger partial charge in [-0.25, -0.2) is 8.42 Å². The molecule has 2 aromatic rings. The van der Waals surface area contributed by atoms with E-state index < -0.39 is 10.0 Å². The molecule has 1 aliphatic rings. The number of amides is 1. The van der Waals surface area contributed by atoms with Crippen molar-refractivity contribution in [1.29, 1.82) is 0 Å². The Balaban J connectivity index is 1.76. The van der Waals surface area contributed by atoms with Crippen LogP contribution in [0.1, 0.15) is 39.5 Å². The summed E-state index contributed by atoms with van der Waals surface area (Å²) in [5, 5.41) is 3.86. The second-order valence-electron chi connectivity index (χ2n) is 7.17. The lowest BCUT2D eigenvalue weighted by molar-refractivity contribution is -0.126. The molecular formula is C20H29N3O3S. The summed E-state index contributed by atoms with van der Waals surface area (Å²) < 4.78 is 29.8. The fraction of sp³-hybridized carbons (Fsp3) is 0.550. The first-order chi connectivity index (χ1) is 13.0. The molecule has 1 amide bonds. The number of hydrogen-bond acceptors (Lipinski definition) is 3. The predicted octanol–water partition coefficient (Wildman–Crippen LogP) is 2.98. The standard InChI is InChI=1S/C20H29N3O3S/c1-3-5-11-21-20(24)17-7-6-12-23(15-17)27(25,26)18-8-9-19-16(14-18)10-13-22(19)4-2/h8-10,13-14,17H,3-7,11-12,15H2,1-2H3,(H,21,24). The topological polar surface area (TPSA) is 71.4 Å². The molecule has 6 nitrogen and oxygen atoms in total. The van der Waals surface area contributed by atoms with Gasteiger partial charge in [0, 0.05) is 43.3 Å². The summed E-state index contributed by atoms with van der Waals surface area (Å²) in [5.41, 5.74) is 1.03. The van der Waals surface area contributed by atoms with Gasteiger partial charge in [-0.3, -0.25) is 4.79 Å². The van der Waals surface area contributed by atoms with Crippen molar-refractivity contribution < 1.29 is 13.2 Å². The summed E-state index contributed by atoms with van der Waals surface area (Å²) in [4.78, 5) is 12.7. The summed E-state index contributed by atoms with van der Waals surface area (Å²) in [5.74, 6) is -0.297. The highest BCUT2D eigenvalue weighted by molar-refractivity contribution is 7.89. The molecule has 27 heavy (non-hydrogen) atoms. The Labute approximate surface area is 161 Å². The first kappa shape index (κ1) is 19.9. The molecule has 1 fully saturated rings. The summed E-state index contributed by atoms with van der Waals surface area (Å²) in [7, 11) is -3.60. The van der Waals surface area contributed by atoms with E-state index >= 15 is 0 Å². The van der Waals surface area contributed by atoms with Crippen molar-refractivity contribution in [3.05, 3.63) is 30.5 Å². The zero-order valence-corrected chi connectivity index (χ0v) is 17.0. The lowest BCUT2D eigenvalue weighted by atomic mass is 9.99. The van der Waals surface area contributed by atoms with Gasteiger partial charge in [0.15, 0.2) is 0 Å². The van der Waals surface area contributed by atoms with Crippen molar-refractivity contribution in [2.75, 3.05) is 19.6 Å². The molecule has 148 valence electrons. The van der Waals surface area contributed by atoms with Crippen LogP contribution < -0.4 is 5.32 Å². The average Bonchev–Trinajstić information content (AvgIpc) is 3.10. The lowest BCUT2D eigenvalue weighted by Crippen LogP contribution is -2.45. The Morgan fingerprint density at radius 1 is 1.26 bits per heavy atom. The molecular weight excluding hydrogens is 362 g/mol. The minimum absolute atomic E-state index is 0.0289. The Morgan fingerprint density at radius 2 is 2.07 bits per heavy atom. The molecule has 0 saturated carbocycles. The SMILES string of the molecule is CCCCNC(=O)C1CCCN(S(=O)(=O)c2ccc3c(ccn3CC)c2)C1. The van der Waals surface area contributed by atoms with Crippen LogP contribution in [0.2, 0.25) is 0 Å². The van der Waals surface area contributed by atoms with Gasteiger partial charge in [0.2, 0.25) is 15.9 Å². The summed E-state index contributed by atoms with van der Waals surface area (Å²) in [6.45, 7) is 6.36. The van der Waals surface area contributed by atoms with E-state index in [9.17, 15) is 13.2 Å². The lowest BCUT2D eigenvalue weighted by Gasteiger charge is -2.31. The first-order valence-corrected chi connectivity index (χ1v) is 11.3. The highest BCUT2D eigenvalue weighted by atomic mass is 32.2. The number of unbranched alkanes of at least 4 members (excludes halogenated alkanes) is 1. The van der Waals surface area contributed by atoms with E-state index in [0.717, 1.165) is 36.7 Å². The molecule has 1 N–H and O–H groups in total. The molecule has 1 saturated heterocycles. The maximum atomic E-state index is 13.1. The van der Waals surface area contributed by atoms with Crippen LogP contribution in [-0.4, -0.2) is 42.8 Å². The highest BCUT2D eigenvalue weighted by Gasteiger charge is 2.33. The molecule has 1 unspecified atom stereocenters. The molecule has 2 heterocycles. The number of nitrogens with one attached hydrogen (secondary N) is 1. The highest BCUT2D eigenvalue weighted by Crippen LogP contribution is 2.27. The number of rotatable bonds is 7. The van der Waals surface area contributed by atoms with Crippen LogP contribution in [0.3, 0.4) is 0 Å². The third-order valence-electron chi connectivity index (χ3n) is 5.31. The van der Waals surface area contributed by atoms with Crippen molar-refractivity contribution in [3.8, 4) is 0 Å². The Hall–Kier alpha value is -1.86. The van der Waals surface area contributed by atoms with Gasteiger partial charge in [-0.1, -0.05) is 13.3 Å². The van der Waals surface area contributed by atoms with E-state index in [1.54, 1.807) is 12.1 Å².